The summed E-state index contributed by atoms with van der Waals surface area (Å²) < 4.78 is 29.3. The third-order valence-corrected chi connectivity index (χ3v) is 6.97. The normalized spacial score (nSPS) is 10.9. The molecule has 37 heavy (non-hydrogen) atoms. The van der Waals surface area contributed by atoms with Crippen LogP contribution < -0.4 is 10.6 Å². The molecular formula is C27H31KN4O4S-. The number of carbonyl (C=O) groups excluding carboxylic acids is 2. The van der Waals surface area contributed by atoms with Crippen LogP contribution >= 0.6 is 0 Å². The number of benzene rings is 3. The first-order valence-electron chi connectivity index (χ1n) is 11.8. The number of likely N-dealkylation sites (N-methyl/N-ethyl adjacent to an activating group) is 1. The maximum atomic E-state index is 12.7. The van der Waals surface area contributed by atoms with Crippen LogP contribution in [0.1, 0.15) is 40.1 Å². The quantitative estimate of drug-likeness (QED) is 0.348. The van der Waals surface area contributed by atoms with E-state index in [1.54, 1.807) is 48.5 Å². The predicted molar refractivity (Wildman–Crippen MR) is 148 cm³/mol. The molecule has 10 heteroatoms. The zero-order valence-corrected chi connectivity index (χ0v) is 25.6. The molecule has 0 aromatic heterocycles. The maximum Gasteiger partial charge on any atom is 0.255 e. The number of sulfonamides is 1. The summed E-state index contributed by atoms with van der Waals surface area (Å²) in [6.45, 7) is 9.24. The average molecular weight is 547 g/mol. The molecule has 0 aliphatic rings. The molecule has 0 bridgehead atoms. The van der Waals surface area contributed by atoms with Gasteiger partial charge in [-0.15, -0.1) is 5.69 Å². The number of aryl methyl sites for hydroxylation is 1. The number of rotatable bonds is 11. The third-order valence-electron chi connectivity index (χ3n) is 5.67. The number of amides is 2. The van der Waals surface area contributed by atoms with E-state index in [9.17, 15) is 18.0 Å². The monoisotopic (exact) mass is 546 g/mol. The van der Waals surface area contributed by atoms with Gasteiger partial charge >= 0.3 is 0 Å². The molecule has 0 aliphatic carbocycles. The van der Waals surface area contributed by atoms with Gasteiger partial charge in [0, 0.05) is 81.3 Å². The fraction of sp³-hybridized carbons (Fsp3) is 0.259. The van der Waals surface area contributed by atoms with Gasteiger partial charge in [-0.1, -0.05) is 49.7 Å². The molecule has 0 saturated heterocycles. The van der Waals surface area contributed by atoms with Crippen molar-refractivity contribution in [1.29, 1.82) is 0 Å². The Labute approximate surface area is 261 Å². The van der Waals surface area contributed by atoms with E-state index in [2.05, 4.69) is 34.1 Å². The first kappa shape index (κ1) is 31.2. The van der Waals surface area contributed by atoms with E-state index in [0.29, 0.717) is 23.5 Å². The number of nitrogens with one attached hydrogen (secondary N) is 2. The summed E-state index contributed by atoms with van der Waals surface area (Å²) >= 11 is 0. The summed E-state index contributed by atoms with van der Waals surface area (Å²) in [4.78, 5) is 27.2. The molecule has 0 spiro atoms. The smallest absolute Gasteiger partial charge is 0.255 e. The van der Waals surface area contributed by atoms with Crippen LogP contribution in [-0.4, -0.2) is 103 Å². The van der Waals surface area contributed by atoms with E-state index >= 15 is 0 Å². The molecule has 0 unspecified atom stereocenters. The molecule has 3 aromatic carbocycles. The van der Waals surface area contributed by atoms with Crippen molar-refractivity contribution in [1.82, 2.24) is 10.2 Å². The van der Waals surface area contributed by atoms with Crippen molar-refractivity contribution in [3.63, 3.8) is 0 Å². The second kappa shape index (κ2) is 14.8. The largest absolute Gasteiger partial charge is 0.573 e. The molecule has 1 radical (unpaired) electrons. The van der Waals surface area contributed by atoms with Gasteiger partial charge in [0.1, 0.15) is 10.0 Å². The number of carbonyl (C=O) groups is 2. The minimum absolute atomic E-state index is 0. The van der Waals surface area contributed by atoms with Crippen LogP contribution in [0.2, 0.25) is 0 Å². The summed E-state index contributed by atoms with van der Waals surface area (Å²) in [5.41, 5.74) is 2.45. The molecule has 0 saturated carbocycles. The van der Waals surface area contributed by atoms with Gasteiger partial charge in [0.25, 0.3) is 11.8 Å². The number of anilines is 1. The van der Waals surface area contributed by atoms with Crippen molar-refractivity contribution in [3.05, 3.63) is 94.2 Å². The first-order chi connectivity index (χ1) is 17.2. The SMILES string of the molecule is CCN(CC)CCNC(=O)c1ccc(NC(=O)c2cccc(S(=O)(=O)[N-]c3ccc(C)cc3)c2)cc1.[K]. The number of hydrogen-bond donors (Lipinski definition) is 2. The van der Waals surface area contributed by atoms with Gasteiger partial charge in [-0.2, -0.15) is 0 Å². The van der Waals surface area contributed by atoms with Crippen molar-refractivity contribution in [2.75, 3.05) is 31.5 Å². The standard InChI is InChI=1S/C27H31N4O4S.K/c1-4-31(5-2)18-17-28-26(32)21-11-15-23(16-12-21)29-27(33)22-7-6-8-25(19-22)36(34,35)30-24-13-9-20(3)10-14-24;/h6-16,19H,4-5,17-18H2,1-3H3,(H2,28,29,32,33);/q-1;. The summed E-state index contributed by atoms with van der Waals surface area (Å²) in [6, 6.07) is 19.0. The van der Waals surface area contributed by atoms with E-state index in [1.807, 2.05) is 6.92 Å². The van der Waals surface area contributed by atoms with Crippen molar-refractivity contribution < 1.29 is 18.0 Å². The van der Waals surface area contributed by atoms with Gasteiger partial charge in [-0.25, -0.2) is 8.42 Å². The molecule has 191 valence electrons. The summed E-state index contributed by atoms with van der Waals surface area (Å²) in [7, 11) is -3.99. The van der Waals surface area contributed by atoms with Crippen molar-refractivity contribution in [2.24, 2.45) is 0 Å². The minimum Gasteiger partial charge on any atom is -0.573 e. The third kappa shape index (κ3) is 9.33. The predicted octanol–water partition coefficient (Wildman–Crippen LogP) is 4.33. The number of nitrogens with zero attached hydrogens (tertiary/aromatic N) is 2. The fourth-order valence-corrected chi connectivity index (χ4v) is 4.50. The van der Waals surface area contributed by atoms with E-state index in [4.69, 9.17) is 0 Å². The van der Waals surface area contributed by atoms with Gasteiger partial charge in [0.15, 0.2) is 0 Å². The molecule has 3 rings (SSSR count). The zero-order chi connectivity index (χ0) is 26.1. The Hall–Kier alpha value is -2.05. The Kier molecular flexibility index (Phi) is 12.4. The molecule has 0 heterocycles. The Morgan fingerprint density at radius 3 is 2.14 bits per heavy atom. The Morgan fingerprint density at radius 2 is 1.51 bits per heavy atom. The Morgan fingerprint density at radius 1 is 0.865 bits per heavy atom. The van der Waals surface area contributed by atoms with Gasteiger partial charge in [0.2, 0.25) is 0 Å². The van der Waals surface area contributed by atoms with Gasteiger partial charge in [0.05, 0.1) is 4.90 Å². The fourth-order valence-electron chi connectivity index (χ4n) is 3.47. The zero-order valence-electron chi connectivity index (χ0n) is 21.7. The van der Waals surface area contributed by atoms with Crippen LogP contribution in [0.4, 0.5) is 11.4 Å². The first-order valence-corrected chi connectivity index (χ1v) is 13.2. The van der Waals surface area contributed by atoms with Crippen LogP contribution in [0, 0.1) is 6.92 Å². The second-order valence-electron chi connectivity index (χ2n) is 8.24. The maximum absolute atomic E-state index is 12.7. The van der Waals surface area contributed by atoms with Crippen molar-refractivity contribution in [2.45, 2.75) is 25.7 Å². The summed E-state index contributed by atoms with van der Waals surface area (Å²) in [5, 5.41) is 5.62. The van der Waals surface area contributed by atoms with E-state index < -0.39 is 15.9 Å². The molecule has 8 nitrogen and oxygen atoms in total. The molecule has 0 atom stereocenters. The Balaban J connectivity index is 0.00000481. The topological polar surface area (TPSA) is 110 Å². The van der Waals surface area contributed by atoms with E-state index in [1.165, 1.54) is 24.3 Å². The molecule has 0 aliphatic heterocycles. The van der Waals surface area contributed by atoms with E-state index in [0.717, 1.165) is 25.2 Å². The summed E-state index contributed by atoms with van der Waals surface area (Å²) in [6.07, 6.45) is 0. The molecular weight excluding hydrogens is 515 g/mol. The average Bonchev–Trinajstić information content (AvgIpc) is 2.88. The van der Waals surface area contributed by atoms with E-state index in [-0.39, 0.29) is 67.8 Å². The minimum atomic E-state index is -3.99. The van der Waals surface area contributed by atoms with Crippen molar-refractivity contribution in [3.8, 4) is 0 Å². The van der Waals surface area contributed by atoms with Gasteiger partial charge < -0.3 is 20.3 Å². The molecule has 3 aromatic rings. The van der Waals surface area contributed by atoms with Crippen LogP contribution in [-0.2, 0) is 10.0 Å². The van der Waals surface area contributed by atoms with Crippen LogP contribution in [0.15, 0.2) is 77.7 Å². The molecule has 2 amide bonds. The molecule has 0 fully saturated rings. The number of hydrogen-bond acceptors (Lipinski definition) is 5. The Bertz CT molecular complexity index is 1290. The molecule has 2 N–H and O–H groups in total. The van der Waals surface area contributed by atoms with Crippen LogP contribution in [0.5, 0.6) is 0 Å². The van der Waals surface area contributed by atoms with Gasteiger partial charge in [-0.05, 0) is 62.5 Å². The van der Waals surface area contributed by atoms with Crippen molar-refractivity contribution >= 4 is 84.6 Å². The summed E-state index contributed by atoms with van der Waals surface area (Å²) in [5.74, 6) is -0.658. The second-order valence-corrected chi connectivity index (χ2v) is 9.85. The van der Waals surface area contributed by atoms with Gasteiger partial charge in [-0.3, -0.25) is 9.59 Å². The van der Waals surface area contributed by atoms with Crippen LogP contribution in [0.25, 0.3) is 4.72 Å². The van der Waals surface area contributed by atoms with Crippen LogP contribution in [0.3, 0.4) is 0 Å².